The summed E-state index contributed by atoms with van der Waals surface area (Å²) in [5, 5.41) is 3.34. The molecule has 2 aromatic heterocycles. The van der Waals surface area contributed by atoms with Gasteiger partial charge in [0.05, 0.1) is 17.7 Å². The molecule has 0 atom stereocenters. The number of aromatic nitrogens is 2. The molecule has 0 aromatic carbocycles. The molecule has 0 bridgehead atoms. The third-order valence-electron chi connectivity index (χ3n) is 2.04. The minimum absolute atomic E-state index is 0.176. The lowest BCUT2D eigenvalue weighted by atomic mass is 10.2. The van der Waals surface area contributed by atoms with Crippen molar-refractivity contribution < 1.29 is 17.7 Å². The summed E-state index contributed by atoms with van der Waals surface area (Å²) in [6, 6.07) is 4.42. The second kappa shape index (κ2) is 4.08. The Morgan fingerprint density at radius 2 is 2.12 bits per heavy atom. The van der Waals surface area contributed by atoms with Gasteiger partial charge < -0.3 is 10.3 Å². The number of nitrogen functional groups attached to an aromatic ring is 1. The molecular weight excluding hydrogens is 235 g/mol. The molecule has 0 fully saturated rings. The first-order valence-corrected chi connectivity index (χ1v) is 4.69. The molecule has 0 aliphatic carbocycles. The summed E-state index contributed by atoms with van der Waals surface area (Å²) in [5.74, 6) is 0.358. The Hall–Kier alpha value is -2.05. The van der Waals surface area contributed by atoms with Crippen LogP contribution in [0.4, 0.5) is 19.0 Å². The SMILES string of the molecule is Nc1ncccc1-c1cc(CC(F)(F)F)no1. The summed E-state index contributed by atoms with van der Waals surface area (Å²) in [5.41, 5.74) is 5.81. The van der Waals surface area contributed by atoms with Crippen molar-refractivity contribution >= 4 is 5.82 Å². The minimum Gasteiger partial charge on any atom is -0.383 e. The molecule has 0 unspecified atom stereocenters. The maximum atomic E-state index is 12.1. The van der Waals surface area contributed by atoms with Gasteiger partial charge in [0.2, 0.25) is 0 Å². The zero-order valence-corrected chi connectivity index (χ0v) is 8.53. The van der Waals surface area contributed by atoms with Gasteiger partial charge in [0, 0.05) is 12.3 Å². The fraction of sp³-hybridized carbons (Fsp3) is 0.200. The molecule has 2 N–H and O–H groups in total. The van der Waals surface area contributed by atoms with Gasteiger partial charge in [0.1, 0.15) is 5.82 Å². The number of hydrogen-bond acceptors (Lipinski definition) is 4. The van der Waals surface area contributed by atoms with Gasteiger partial charge in [-0.15, -0.1) is 0 Å². The van der Waals surface area contributed by atoms with Crippen molar-refractivity contribution in [1.29, 1.82) is 0 Å². The molecule has 0 aliphatic heterocycles. The van der Waals surface area contributed by atoms with Gasteiger partial charge in [-0.1, -0.05) is 5.16 Å². The second-order valence-corrected chi connectivity index (χ2v) is 3.41. The van der Waals surface area contributed by atoms with Crippen LogP contribution in [0.2, 0.25) is 0 Å². The van der Waals surface area contributed by atoms with E-state index in [0.29, 0.717) is 5.56 Å². The zero-order chi connectivity index (χ0) is 12.5. The van der Waals surface area contributed by atoms with Gasteiger partial charge in [-0.05, 0) is 12.1 Å². The van der Waals surface area contributed by atoms with Crippen molar-refractivity contribution in [1.82, 2.24) is 10.1 Å². The molecule has 0 saturated carbocycles. The lowest BCUT2D eigenvalue weighted by molar-refractivity contribution is -0.128. The van der Waals surface area contributed by atoms with Crippen LogP contribution >= 0.6 is 0 Å². The first-order valence-electron chi connectivity index (χ1n) is 4.69. The van der Waals surface area contributed by atoms with Gasteiger partial charge in [-0.3, -0.25) is 0 Å². The molecule has 90 valence electrons. The van der Waals surface area contributed by atoms with E-state index in [1.54, 1.807) is 12.1 Å². The van der Waals surface area contributed by atoms with E-state index < -0.39 is 12.6 Å². The number of nitrogens with two attached hydrogens (primary N) is 1. The van der Waals surface area contributed by atoms with Gasteiger partial charge >= 0.3 is 6.18 Å². The van der Waals surface area contributed by atoms with Crippen LogP contribution in [-0.2, 0) is 6.42 Å². The molecule has 2 rings (SSSR count). The molecule has 0 saturated heterocycles. The van der Waals surface area contributed by atoms with E-state index in [1.807, 2.05) is 0 Å². The highest BCUT2D eigenvalue weighted by Crippen LogP contribution is 2.27. The summed E-state index contributed by atoms with van der Waals surface area (Å²) in [6.45, 7) is 0. The second-order valence-electron chi connectivity index (χ2n) is 3.41. The fourth-order valence-electron chi connectivity index (χ4n) is 1.35. The van der Waals surface area contributed by atoms with Gasteiger partial charge in [-0.2, -0.15) is 13.2 Å². The Morgan fingerprint density at radius 3 is 2.76 bits per heavy atom. The van der Waals surface area contributed by atoms with Crippen molar-refractivity contribution in [2.45, 2.75) is 12.6 Å². The molecule has 17 heavy (non-hydrogen) atoms. The van der Waals surface area contributed by atoms with E-state index >= 15 is 0 Å². The van der Waals surface area contributed by atoms with E-state index in [1.165, 1.54) is 12.3 Å². The van der Waals surface area contributed by atoms with Crippen molar-refractivity contribution in [2.24, 2.45) is 0 Å². The number of anilines is 1. The van der Waals surface area contributed by atoms with E-state index in [9.17, 15) is 13.2 Å². The Kier molecular flexibility index (Phi) is 2.74. The summed E-state index contributed by atoms with van der Waals surface area (Å²) in [6.07, 6.45) is -3.96. The Balaban J connectivity index is 2.28. The quantitative estimate of drug-likeness (QED) is 0.879. The van der Waals surface area contributed by atoms with E-state index in [-0.39, 0.29) is 17.3 Å². The average Bonchev–Trinajstić information content (AvgIpc) is 2.64. The monoisotopic (exact) mass is 243 g/mol. The fourth-order valence-corrected chi connectivity index (χ4v) is 1.35. The summed E-state index contributed by atoms with van der Waals surface area (Å²) >= 11 is 0. The van der Waals surface area contributed by atoms with E-state index in [4.69, 9.17) is 10.3 Å². The lowest BCUT2D eigenvalue weighted by Crippen LogP contribution is -2.11. The van der Waals surface area contributed by atoms with Crippen LogP contribution in [0.15, 0.2) is 28.9 Å². The van der Waals surface area contributed by atoms with Crippen LogP contribution in [0.25, 0.3) is 11.3 Å². The van der Waals surface area contributed by atoms with E-state index in [0.717, 1.165) is 0 Å². The van der Waals surface area contributed by atoms with Gasteiger partial charge in [-0.25, -0.2) is 4.98 Å². The standard InChI is InChI=1S/C10H8F3N3O/c11-10(12,13)5-6-4-8(17-16-6)7-2-1-3-15-9(7)14/h1-4H,5H2,(H2,14,15). The highest BCUT2D eigenvalue weighted by atomic mass is 19.4. The Morgan fingerprint density at radius 1 is 1.35 bits per heavy atom. The minimum atomic E-state index is -4.31. The third-order valence-corrected chi connectivity index (χ3v) is 2.04. The number of alkyl halides is 3. The van der Waals surface area contributed by atoms with Crippen LogP contribution in [0, 0.1) is 0 Å². The number of rotatable bonds is 2. The van der Waals surface area contributed by atoms with Crippen LogP contribution in [0.5, 0.6) is 0 Å². The molecule has 0 amide bonds. The molecule has 2 aromatic rings. The first-order chi connectivity index (χ1) is 7.96. The smallest absolute Gasteiger partial charge is 0.383 e. The summed E-state index contributed by atoms with van der Waals surface area (Å²) in [7, 11) is 0. The normalized spacial score (nSPS) is 11.7. The number of halogens is 3. The van der Waals surface area contributed by atoms with Crippen LogP contribution in [-0.4, -0.2) is 16.3 Å². The lowest BCUT2D eigenvalue weighted by Gasteiger charge is -2.00. The van der Waals surface area contributed by atoms with Gasteiger partial charge in [0.25, 0.3) is 0 Å². The summed E-state index contributed by atoms with van der Waals surface area (Å²) < 4.78 is 41.1. The molecule has 0 spiro atoms. The topological polar surface area (TPSA) is 64.9 Å². The van der Waals surface area contributed by atoms with Crippen LogP contribution in [0.1, 0.15) is 5.69 Å². The van der Waals surface area contributed by atoms with E-state index in [2.05, 4.69) is 10.1 Å². The molecule has 7 heteroatoms. The summed E-state index contributed by atoms with van der Waals surface area (Å²) in [4.78, 5) is 3.81. The van der Waals surface area contributed by atoms with Crippen molar-refractivity contribution in [3.05, 3.63) is 30.1 Å². The average molecular weight is 243 g/mol. The van der Waals surface area contributed by atoms with Crippen molar-refractivity contribution in [2.75, 3.05) is 5.73 Å². The van der Waals surface area contributed by atoms with Crippen molar-refractivity contribution in [3.8, 4) is 11.3 Å². The maximum Gasteiger partial charge on any atom is 0.394 e. The molecule has 0 aliphatic rings. The predicted octanol–water partition coefficient (Wildman–Crippen LogP) is 2.42. The predicted molar refractivity (Wildman–Crippen MR) is 53.9 cm³/mol. The van der Waals surface area contributed by atoms with Crippen molar-refractivity contribution in [3.63, 3.8) is 0 Å². The van der Waals surface area contributed by atoms with Gasteiger partial charge in [0.15, 0.2) is 5.76 Å². The zero-order valence-electron chi connectivity index (χ0n) is 8.53. The number of pyridine rings is 1. The molecule has 2 heterocycles. The highest BCUT2D eigenvalue weighted by Gasteiger charge is 2.29. The first kappa shape index (κ1) is 11.4. The Labute approximate surface area is 94.2 Å². The number of hydrogen-bond donors (Lipinski definition) is 1. The molecular formula is C10H8F3N3O. The maximum absolute atomic E-state index is 12.1. The number of nitrogens with zero attached hydrogens (tertiary/aromatic N) is 2. The highest BCUT2D eigenvalue weighted by molar-refractivity contribution is 5.69. The molecule has 4 nitrogen and oxygen atoms in total. The van der Waals surface area contributed by atoms with Crippen LogP contribution < -0.4 is 5.73 Å². The largest absolute Gasteiger partial charge is 0.394 e. The third kappa shape index (κ3) is 2.74. The van der Waals surface area contributed by atoms with Crippen LogP contribution in [0.3, 0.4) is 0 Å². The Bertz CT molecular complexity index is 522. The molecule has 0 radical (unpaired) electrons.